The number of carbonyl (C=O) groups is 1. The lowest BCUT2D eigenvalue weighted by atomic mass is 10.0. The van der Waals surface area contributed by atoms with Gasteiger partial charge in [-0.25, -0.2) is 0 Å². The molecule has 0 radical (unpaired) electrons. The molecule has 5 heteroatoms. The molecular weight excluding hydrogens is 312 g/mol. The van der Waals surface area contributed by atoms with Gasteiger partial charge in [0.2, 0.25) is 5.91 Å². The monoisotopic (exact) mass is 330 g/mol. The zero-order chi connectivity index (χ0) is 16.1. The summed E-state index contributed by atoms with van der Waals surface area (Å²) in [5, 5.41) is 3.63. The van der Waals surface area contributed by atoms with Crippen LogP contribution < -0.4 is 5.32 Å². The van der Waals surface area contributed by atoms with E-state index in [1.165, 1.54) is 0 Å². The van der Waals surface area contributed by atoms with Crippen LogP contribution in [-0.4, -0.2) is 37.1 Å². The fourth-order valence-corrected chi connectivity index (χ4v) is 2.87. The van der Waals surface area contributed by atoms with E-state index in [-0.39, 0.29) is 11.9 Å². The molecule has 3 rings (SSSR count). The molecule has 1 saturated heterocycles. The number of nitrogens with zero attached hydrogens (tertiary/aromatic N) is 1. The molecule has 1 fully saturated rings. The van der Waals surface area contributed by atoms with Crippen molar-refractivity contribution in [2.45, 2.75) is 6.04 Å². The molecule has 1 N–H and O–H groups in total. The van der Waals surface area contributed by atoms with Gasteiger partial charge in [-0.2, -0.15) is 0 Å². The maximum Gasteiger partial charge on any atom is 0.246 e. The van der Waals surface area contributed by atoms with Gasteiger partial charge in [-0.1, -0.05) is 41.9 Å². The van der Waals surface area contributed by atoms with Crippen LogP contribution in [0, 0.1) is 0 Å². The summed E-state index contributed by atoms with van der Waals surface area (Å²) >= 11 is 5.89. The number of halogens is 1. The number of anilines is 1. The Morgan fingerprint density at radius 1 is 1.04 bits per heavy atom. The van der Waals surface area contributed by atoms with E-state index in [1.807, 2.05) is 42.5 Å². The lowest BCUT2D eigenvalue weighted by Gasteiger charge is -2.33. The van der Waals surface area contributed by atoms with Crippen molar-refractivity contribution >= 4 is 23.2 Å². The van der Waals surface area contributed by atoms with Crippen molar-refractivity contribution in [3.63, 3.8) is 0 Å². The second-order valence-corrected chi connectivity index (χ2v) is 5.89. The van der Waals surface area contributed by atoms with E-state index in [0.717, 1.165) is 24.3 Å². The van der Waals surface area contributed by atoms with E-state index in [0.29, 0.717) is 18.2 Å². The Bertz CT molecular complexity index is 640. The van der Waals surface area contributed by atoms with Crippen molar-refractivity contribution in [3.8, 4) is 0 Å². The topological polar surface area (TPSA) is 41.6 Å². The lowest BCUT2D eigenvalue weighted by Crippen LogP contribution is -2.43. The number of rotatable bonds is 4. The van der Waals surface area contributed by atoms with Crippen LogP contribution in [0.15, 0.2) is 54.6 Å². The molecule has 0 bridgehead atoms. The number of amides is 1. The highest BCUT2D eigenvalue weighted by molar-refractivity contribution is 6.30. The average molecular weight is 331 g/mol. The maximum atomic E-state index is 12.9. The van der Waals surface area contributed by atoms with Gasteiger partial charge in [0.05, 0.1) is 13.2 Å². The van der Waals surface area contributed by atoms with E-state index in [1.54, 1.807) is 12.1 Å². The van der Waals surface area contributed by atoms with Crippen LogP contribution in [0.1, 0.15) is 11.6 Å². The van der Waals surface area contributed by atoms with Crippen molar-refractivity contribution in [2.75, 3.05) is 31.6 Å². The third-order valence-electron chi connectivity index (χ3n) is 3.89. The number of nitrogens with one attached hydrogen (secondary N) is 1. The van der Waals surface area contributed by atoms with Gasteiger partial charge >= 0.3 is 0 Å². The largest absolute Gasteiger partial charge is 0.379 e. The fraction of sp³-hybridized carbons (Fsp3) is 0.278. The molecule has 1 aliphatic rings. The zero-order valence-electron chi connectivity index (χ0n) is 12.7. The summed E-state index contributed by atoms with van der Waals surface area (Å²) in [5.74, 6) is -0.0413. The van der Waals surface area contributed by atoms with E-state index >= 15 is 0 Å². The Morgan fingerprint density at radius 3 is 2.35 bits per heavy atom. The third-order valence-corrected chi connectivity index (χ3v) is 4.14. The molecular formula is C18H19ClN2O2. The van der Waals surface area contributed by atoms with Gasteiger partial charge in [-0.15, -0.1) is 0 Å². The number of morpholine rings is 1. The Kier molecular flexibility index (Phi) is 5.28. The summed E-state index contributed by atoms with van der Waals surface area (Å²) in [6, 6.07) is 16.7. The highest BCUT2D eigenvalue weighted by Crippen LogP contribution is 2.24. The Morgan fingerprint density at radius 2 is 1.70 bits per heavy atom. The SMILES string of the molecule is O=C(Nc1ccc(Cl)cc1)[C@H](c1ccccc1)N1CCOCC1. The molecule has 1 aliphatic heterocycles. The highest BCUT2D eigenvalue weighted by Gasteiger charge is 2.28. The minimum Gasteiger partial charge on any atom is -0.379 e. The van der Waals surface area contributed by atoms with Gasteiger partial charge in [-0.3, -0.25) is 9.69 Å². The summed E-state index contributed by atoms with van der Waals surface area (Å²) in [5.41, 5.74) is 1.73. The van der Waals surface area contributed by atoms with Crippen LogP contribution in [0.25, 0.3) is 0 Å². The first-order chi connectivity index (χ1) is 11.2. The van der Waals surface area contributed by atoms with Crippen molar-refractivity contribution in [3.05, 3.63) is 65.2 Å². The van der Waals surface area contributed by atoms with Crippen LogP contribution in [0.4, 0.5) is 5.69 Å². The van der Waals surface area contributed by atoms with Gasteiger partial charge in [0, 0.05) is 23.8 Å². The minimum atomic E-state index is -0.323. The molecule has 4 nitrogen and oxygen atoms in total. The maximum absolute atomic E-state index is 12.9. The molecule has 0 spiro atoms. The van der Waals surface area contributed by atoms with E-state index in [2.05, 4.69) is 10.2 Å². The lowest BCUT2D eigenvalue weighted by molar-refractivity contribution is -0.123. The average Bonchev–Trinajstić information content (AvgIpc) is 2.59. The zero-order valence-corrected chi connectivity index (χ0v) is 13.5. The first-order valence-electron chi connectivity index (χ1n) is 7.67. The quantitative estimate of drug-likeness (QED) is 0.934. The third kappa shape index (κ3) is 4.10. The minimum absolute atomic E-state index is 0.0413. The number of benzene rings is 2. The first kappa shape index (κ1) is 16.0. The summed E-state index contributed by atoms with van der Waals surface area (Å²) in [7, 11) is 0. The van der Waals surface area contributed by atoms with Crippen LogP contribution in [0.3, 0.4) is 0 Å². The number of carbonyl (C=O) groups excluding carboxylic acids is 1. The molecule has 2 aromatic carbocycles. The van der Waals surface area contributed by atoms with Crippen molar-refractivity contribution < 1.29 is 9.53 Å². The van der Waals surface area contributed by atoms with Crippen LogP contribution in [0.2, 0.25) is 5.02 Å². The smallest absolute Gasteiger partial charge is 0.246 e. The molecule has 0 aromatic heterocycles. The summed E-state index contributed by atoms with van der Waals surface area (Å²) in [6.45, 7) is 2.79. The molecule has 1 amide bonds. The Hall–Kier alpha value is -1.88. The second-order valence-electron chi connectivity index (χ2n) is 5.46. The standard InChI is InChI=1S/C18H19ClN2O2/c19-15-6-8-16(9-7-15)20-18(22)17(14-4-2-1-3-5-14)21-10-12-23-13-11-21/h1-9,17H,10-13H2,(H,20,22)/t17-/m0/s1. The van der Waals surface area contributed by atoms with Crippen LogP contribution in [0.5, 0.6) is 0 Å². The summed E-state index contributed by atoms with van der Waals surface area (Å²) < 4.78 is 5.41. The van der Waals surface area contributed by atoms with Gasteiger partial charge in [0.25, 0.3) is 0 Å². The van der Waals surface area contributed by atoms with E-state index in [9.17, 15) is 4.79 Å². The van der Waals surface area contributed by atoms with Gasteiger partial charge in [0.15, 0.2) is 0 Å². The fourth-order valence-electron chi connectivity index (χ4n) is 2.74. The molecule has 2 aromatic rings. The molecule has 1 heterocycles. The first-order valence-corrected chi connectivity index (χ1v) is 8.05. The van der Waals surface area contributed by atoms with Gasteiger partial charge < -0.3 is 10.1 Å². The van der Waals surface area contributed by atoms with E-state index < -0.39 is 0 Å². The predicted molar refractivity (Wildman–Crippen MR) is 91.7 cm³/mol. The number of hydrogen-bond acceptors (Lipinski definition) is 3. The Labute approximate surface area is 141 Å². The van der Waals surface area contributed by atoms with Crippen molar-refractivity contribution in [1.29, 1.82) is 0 Å². The number of ether oxygens (including phenoxy) is 1. The Balaban J connectivity index is 1.82. The molecule has 0 saturated carbocycles. The van der Waals surface area contributed by atoms with Crippen molar-refractivity contribution in [1.82, 2.24) is 4.90 Å². The van der Waals surface area contributed by atoms with E-state index in [4.69, 9.17) is 16.3 Å². The predicted octanol–water partition coefficient (Wildman–Crippen LogP) is 3.35. The van der Waals surface area contributed by atoms with Crippen LogP contribution in [-0.2, 0) is 9.53 Å². The summed E-state index contributed by atoms with van der Waals surface area (Å²) in [4.78, 5) is 15.0. The van der Waals surface area contributed by atoms with Crippen LogP contribution >= 0.6 is 11.6 Å². The molecule has 23 heavy (non-hydrogen) atoms. The normalized spacial score (nSPS) is 16.7. The molecule has 120 valence electrons. The molecule has 0 aliphatic carbocycles. The summed E-state index contributed by atoms with van der Waals surface area (Å²) in [6.07, 6.45) is 0. The second kappa shape index (κ2) is 7.59. The highest BCUT2D eigenvalue weighted by atomic mass is 35.5. The van der Waals surface area contributed by atoms with Crippen molar-refractivity contribution in [2.24, 2.45) is 0 Å². The molecule has 1 atom stereocenters. The molecule has 0 unspecified atom stereocenters. The number of hydrogen-bond donors (Lipinski definition) is 1. The van der Waals surface area contributed by atoms with Gasteiger partial charge in [0.1, 0.15) is 6.04 Å². The van der Waals surface area contributed by atoms with Gasteiger partial charge in [-0.05, 0) is 29.8 Å².